The molecule has 0 saturated heterocycles. The first kappa shape index (κ1) is 22.0. The molecule has 0 fully saturated rings. The maximum Gasteiger partial charge on any atom is 0.123 e. The van der Waals surface area contributed by atoms with Crippen LogP contribution in [0.15, 0.2) is 103 Å². The predicted octanol–water partition coefficient (Wildman–Crippen LogP) is 7.32. The Balaban J connectivity index is 1.50. The summed E-state index contributed by atoms with van der Waals surface area (Å²) in [7, 11) is 0. The fourth-order valence-corrected chi connectivity index (χ4v) is 3.74. The molecule has 4 heteroatoms. The molecule has 0 aliphatic carbocycles. The molecular weight excluding hydrogens is 464 g/mol. The van der Waals surface area contributed by atoms with E-state index in [0.29, 0.717) is 19.8 Å². The van der Waals surface area contributed by atoms with Crippen molar-refractivity contribution in [2.45, 2.75) is 25.2 Å². The summed E-state index contributed by atoms with van der Waals surface area (Å²) in [6.07, 6.45) is 0. The van der Waals surface area contributed by atoms with Crippen LogP contribution in [0.25, 0.3) is 0 Å². The van der Waals surface area contributed by atoms with Gasteiger partial charge in [-0.25, -0.2) is 0 Å². The van der Waals surface area contributed by atoms with Gasteiger partial charge < -0.3 is 14.2 Å². The zero-order chi connectivity index (χ0) is 22.0. The molecule has 0 spiro atoms. The van der Waals surface area contributed by atoms with Crippen LogP contribution in [0.5, 0.6) is 17.2 Å². The smallest absolute Gasteiger partial charge is 0.123 e. The second kappa shape index (κ2) is 11.4. The van der Waals surface area contributed by atoms with Crippen LogP contribution in [0.4, 0.5) is 0 Å². The van der Waals surface area contributed by atoms with Crippen LogP contribution in [0.3, 0.4) is 0 Å². The summed E-state index contributed by atoms with van der Waals surface area (Å²) in [6.45, 7) is 1.42. The van der Waals surface area contributed by atoms with Gasteiger partial charge in [-0.2, -0.15) is 0 Å². The van der Waals surface area contributed by atoms with Crippen molar-refractivity contribution in [1.82, 2.24) is 0 Å². The van der Waals surface area contributed by atoms with Crippen LogP contribution in [-0.2, 0) is 25.2 Å². The number of halogens is 1. The fraction of sp³-hybridized carbons (Fsp3) is 0.143. The number of benzene rings is 4. The maximum atomic E-state index is 6.11. The number of hydrogen-bond donors (Lipinski definition) is 0. The van der Waals surface area contributed by atoms with E-state index in [9.17, 15) is 0 Å². The molecule has 4 rings (SSSR count). The SMILES string of the molecule is BrCc1ccccc1OCc1cc(OCc2ccccc2)cc(OCc2ccccc2)c1. The summed E-state index contributed by atoms with van der Waals surface area (Å²) < 4.78 is 18.3. The second-order valence-corrected chi connectivity index (χ2v) is 7.95. The van der Waals surface area contributed by atoms with Gasteiger partial charge >= 0.3 is 0 Å². The van der Waals surface area contributed by atoms with E-state index in [0.717, 1.165) is 44.8 Å². The van der Waals surface area contributed by atoms with Gasteiger partial charge in [0.2, 0.25) is 0 Å². The van der Waals surface area contributed by atoms with Crippen molar-refractivity contribution >= 4 is 15.9 Å². The van der Waals surface area contributed by atoms with Crippen LogP contribution in [0, 0.1) is 0 Å². The molecule has 0 saturated carbocycles. The minimum absolute atomic E-state index is 0.425. The van der Waals surface area contributed by atoms with Crippen molar-refractivity contribution in [3.8, 4) is 17.2 Å². The quantitative estimate of drug-likeness (QED) is 0.219. The number of hydrogen-bond acceptors (Lipinski definition) is 3. The summed E-state index contributed by atoms with van der Waals surface area (Å²) >= 11 is 3.52. The Kier molecular flexibility index (Phi) is 7.83. The lowest BCUT2D eigenvalue weighted by atomic mass is 10.2. The van der Waals surface area contributed by atoms with Gasteiger partial charge in [-0.3, -0.25) is 0 Å². The molecule has 0 atom stereocenters. The van der Waals surface area contributed by atoms with Gasteiger partial charge in [0.1, 0.15) is 37.1 Å². The van der Waals surface area contributed by atoms with Gasteiger partial charge in [0.25, 0.3) is 0 Å². The van der Waals surface area contributed by atoms with Crippen molar-refractivity contribution < 1.29 is 14.2 Å². The average molecular weight is 489 g/mol. The fourth-order valence-electron chi connectivity index (χ4n) is 3.28. The Morgan fingerprint density at radius 3 is 1.56 bits per heavy atom. The largest absolute Gasteiger partial charge is 0.489 e. The molecule has 0 aliphatic heterocycles. The Hall–Kier alpha value is -3.24. The minimum atomic E-state index is 0.425. The summed E-state index contributed by atoms with van der Waals surface area (Å²) in [6, 6.07) is 34.2. The Labute approximate surface area is 197 Å². The Bertz CT molecular complexity index is 1050. The Morgan fingerprint density at radius 2 is 1.00 bits per heavy atom. The topological polar surface area (TPSA) is 27.7 Å². The van der Waals surface area contributed by atoms with Crippen molar-refractivity contribution in [3.05, 3.63) is 125 Å². The highest BCUT2D eigenvalue weighted by molar-refractivity contribution is 9.08. The summed E-state index contributed by atoms with van der Waals surface area (Å²) in [5.41, 5.74) is 4.34. The van der Waals surface area contributed by atoms with Gasteiger partial charge in [-0.05, 0) is 34.9 Å². The summed E-state index contributed by atoms with van der Waals surface area (Å²) in [5, 5.41) is 0.745. The molecule has 4 aromatic carbocycles. The molecule has 0 unspecified atom stereocenters. The number of rotatable bonds is 10. The molecule has 3 nitrogen and oxygen atoms in total. The van der Waals surface area contributed by atoms with Gasteiger partial charge in [0.15, 0.2) is 0 Å². The molecule has 0 heterocycles. The molecule has 4 aromatic rings. The van der Waals surface area contributed by atoms with Gasteiger partial charge in [-0.15, -0.1) is 0 Å². The van der Waals surface area contributed by atoms with E-state index in [1.54, 1.807) is 0 Å². The molecule has 0 radical (unpaired) electrons. The van der Waals surface area contributed by atoms with Gasteiger partial charge in [-0.1, -0.05) is 94.8 Å². The molecule has 0 aliphatic rings. The Morgan fingerprint density at radius 1 is 0.500 bits per heavy atom. The highest BCUT2D eigenvalue weighted by atomic mass is 79.9. The first-order valence-corrected chi connectivity index (χ1v) is 11.7. The first-order chi connectivity index (χ1) is 15.8. The van der Waals surface area contributed by atoms with Gasteiger partial charge in [0, 0.05) is 17.0 Å². The van der Waals surface area contributed by atoms with Crippen molar-refractivity contribution in [1.29, 1.82) is 0 Å². The summed E-state index contributed by atoms with van der Waals surface area (Å²) in [4.78, 5) is 0. The van der Waals surface area contributed by atoms with Crippen LogP contribution in [-0.4, -0.2) is 0 Å². The monoisotopic (exact) mass is 488 g/mol. The second-order valence-electron chi connectivity index (χ2n) is 7.39. The maximum absolute atomic E-state index is 6.11. The third-order valence-corrected chi connectivity index (χ3v) is 5.55. The lowest BCUT2D eigenvalue weighted by Crippen LogP contribution is -2.02. The van der Waals surface area contributed by atoms with Crippen molar-refractivity contribution in [3.63, 3.8) is 0 Å². The van der Waals surface area contributed by atoms with E-state index in [2.05, 4.69) is 46.3 Å². The normalized spacial score (nSPS) is 10.5. The highest BCUT2D eigenvalue weighted by Crippen LogP contribution is 2.27. The molecular formula is C28H25BrO3. The minimum Gasteiger partial charge on any atom is -0.489 e. The first-order valence-electron chi connectivity index (χ1n) is 10.5. The molecule has 0 N–H and O–H groups in total. The van der Waals surface area contributed by atoms with E-state index in [-0.39, 0.29) is 0 Å². The van der Waals surface area contributed by atoms with E-state index < -0.39 is 0 Å². The summed E-state index contributed by atoms with van der Waals surface area (Å²) in [5.74, 6) is 2.38. The number of ether oxygens (including phenoxy) is 3. The van der Waals surface area contributed by atoms with E-state index >= 15 is 0 Å². The number of para-hydroxylation sites is 1. The zero-order valence-corrected chi connectivity index (χ0v) is 19.3. The molecule has 0 amide bonds. The zero-order valence-electron chi connectivity index (χ0n) is 17.7. The van der Waals surface area contributed by atoms with E-state index in [1.807, 2.05) is 72.8 Å². The van der Waals surface area contributed by atoms with E-state index in [4.69, 9.17) is 14.2 Å². The lowest BCUT2D eigenvalue weighted by Gasteiger charge is -2.14. The predicted molar refractivity (Wildman–Crippen MR) is 131 cm³/mol. The van der Waals surface area contributed by atoms with Crippen LogP contribution in [0.2, 0.25) is 0 Å². The molecule has 32 heavy (non-hydrogen) atoms. The van der Waals surface area contributed by atoms with Crippen LogP contribution in [0.1, 0.15) is 22.3 Å². The van der Waals surface area contributed by atoms with E-state index in [1.165, 1.54) is 0 Å². The molecule has 0 aromatic heterocycles. The molecule has 0 bridgehead atoms. The molecule has 162 valence electrons. The third-order valence-electron chi connectivity index (χ3n) is 4.95. The van der Waals surface area contributed by atoms with Crippen molar-refractivity contribution in [2.24, 2.45) is 0 Å². The average Bonchev–Trinajstić information content (AvgIpc) is 2.86. The highest BCUT2D eigenvalue weighted by Gasteiger charge is 2.08. The van der Waals surface area contributed by atoms with Crippen LogP contribution < -0.4 is 14.2 Å². The third kappa shape index (κ3) is 6.38. The number of alkyl halides is 1. The van der Waals surface area contributed by atoms with Gasteiger partial charge in [0.05, 0.1) is 0 Å². The standard InChI is InChI=1S/C28H25BrO3/c29-18-25-13-7-8-14-28(25)32-21-24-15-26(30-19-22-9-3-1-4-10-22)17-27(16-24)31-20-23-11-5-2-6-12-23/h1-17H,18-21H2. The lowest BCUT2D eigenvalue weighted by molar-refractivity contribution is 0.281. The van der Waals surface area contributed by atoms with Crippen LogP contribution >= 0.6 is 15.9 Å². The van der Waals surface area contributed by atoms with Crippen molar-refractivity contribution in [2.75, 3.05) is 0 Å².